The van der Waals surface area contributed by atoms with Gasteiger partial charge in [-0.1, -0.05) is 59.6 Å². The Bertz CT molecular complexity index is 1410. The summed E-state index contributed by atoms with van der Waals surface area (Å²) in [7, 11) is 0. The number of hydrogen-bond donors (Lipinski definition) is 0. The average molecular weight is 612 g/mol. The zero-order valence-electron chi connectivity index (χ0n) is 20.8. The molecule has 0 N–H and O–H groups in total. The van der Waals surface area contributed by atoms with E-state index in [9.17, 15) is 9.59 Å². The van der Waals surface area contributed by atoms with Crippen molar-refractivity contribution in [1.29, 1.82) is 0 Å². The Kier molecular flexibility index (Phi) is 5.48. The van der Waals surface area contributed by atoms with Crippen molar-refractivity contribution in [1.82, 2.24) is 0 Å². The molecule has 0 aromatic heterocycles. The van der Waals surface area contributed by atoms with E-state index in [2.05, 4.69) is 65.6 Å². The van der Waals surface area contributed by atoms with Crippen molar-refractivity contribution in [3.8, 4) is 11.5 Å². The van der Waals surface area contributed by atoms with Crippen LogP contribution in [-0.2, 0) is 16.0 Å². The van der Waals surface area contributed by atoms with Gasteiger partial charge in [0.15, 0.2) is 11.6 Å². The topological polar surface area (TPSA) is 52.6 Å². The third-order valence-corrected chi connectivity index (χ3v) is 9.03. The summed E-state index contributed by atoms with van der Waals surface area (Å²) in [6.07, 6.45) is 2.13. The molecular weight excluding hydrogens is 584 g/mol. The minimum absolute atomic E-state index is 0.128. The van der Waals surface area contributed by atoms with Crippen LogP contribution in [0.5, 0.6) is 11.5 Å². The van der Waals surface area contributed by atoms with Crippen molar-refractivity contribution in [2.24, 2.45) is 16.7 Å². The summed E-state index contributed by atoms with van der Waals surface area (Å²) in [6, 6.07) is 12.0. The van der Waals surface area contributed by atoms with Crippen molar-refractivity contribution in [2.45, 2.75) is 59.3 Å². The number of benzene rings is 2. The molecule has 4 aliphatic rings. The molecule has 4 nitrogen and oxygen atoms in total. The van der Waals surface area contributed by atoms with Crippen LogP contribution in [0.25, 0.3) is 0 Å². The SMILES string of the molecule is CC1(C)CC(=O)C2=C(C1)Oc1ccc(Br)cc1C2C1C2=C(Cc3cc(Br)ccc3O2)C(=O)CC1(C)C. The summed E-state index contributed by atoms with van der Waals surface area (Å²) in [5.74, 6) is 2.86. The molecule has 0 radical (unpaired) electrons. The normalized spacial score (nSPS) is 25.8. The lowest BCUT2D eigenvalue weighted by molar-refractivity contribution is -0.120. The number of Topliss-reactive ketones (excluding diaryl/α,β-unsaturated/α-hetero) is 2. The minimum atomic E-state index is -0.421. The molecule has 2 atom stereocenters. The van der Waals surface area contributed by atoms with E-state index in [1.165, 1.54) is 0 Å². The Balaban J connectivity index is 1.58. The van der Waals surface area contributed by atoms with Crippen molar-refractivity contribution >= 4 is 43.4 Å². The van der Waals surface area contributed by atoms with Crippen LogP contribution in [0.3, 0.4) is 0 Å². The number of allylic oxidation sites excluding steroid dienone is 4. The molecule has 2 aromatic rings. The first-order valence-electron chi connectivity index (χ1n) is 12.4. The molecule has 0 saturated heterocycles. The van der Waals surface area contributed by atoms with Gasteiger partial charge < -0.3 is 9.47 Å². The highest BCUT2D eigenvalue weighted by Gasteiger charge is 2.53. The molecule has 0 saturated carbocycles. The lowest BCUT2D eigenvalue weighted by Gasteiger charge is -2.48. The van der Waals surface area contributed by atoms with Gasteiger partial charge in [-0.15, -0.1) is 0 Å². The fourth-order valence-electron chi connectivity index (χ4n) is 6.52. The molecule has 0 fully saturated rings. The fraction of sp³-hybridized carbons (Fsp3) is 0.400. The van der Waals surface area contributed by atoms with Gasteiger partial charge in [0.05, 0.1) is 0 Å². The van der Waals surface area contributed by atoms with Crippen molar-refractivity contribution < 1.29 is 19.1 Å². The molecule has 36 heavy (non-hydrogen) atoms. The van der Waals surface area contributed by atoms with E-state index < -0.39 is 5.41 Å². The first-order valence-corrected chi connectivity index (χ1v) is 14.0. The van der Waals surface area contributed by atoms with E-state index in [1.807, 2.05) is 30.3 Å². The molecule has 2 heterocycles. The monoisotopic (exact) mass is 610 g/mol. The van der Waals surface area contributed by atoms with Crippen LogP contribution in [0.2, 0.25) is 0 Å². The van der Waals surface area contributed by atoms with Crippen LogP contribution in [0.1, 0.15) is 64.0 Å². The van der Waals surface area contributed by atoms with Crippen LogP contribution in [-0.4, -0.2) is 11.6 Å². The molecule has 0 spiro atoms. The van der Waals surface area contributed by atoms with Gasteiger partial charge in [0.25, 0.3) is 0 Å². The lowest BCUT2D eigenvalue weighted by Crippen LogP contribution is -2.45. The number of halogens is 2. The van der Waals surface area contributed by atoms with Crippen LogP contribution in [0.15, 0.2) is 68.0 Å². The lowest BCUT2D eigenvalue weighted by atomic mass is 9.58. The predicted molar refractivity (Wildman–Crippen MR) is 145 cm³/mol. The van der Waals surface area contributed by atoms with E-state index in [-0.39, 0.29) is 28.8 Å². The van der Waals surface area contributed by atoms with Crippen LogP contribution in [0, 0.1) is 16.7 Å². The molecule has 2 aliphatic carbocycles. The number of fused-ring (bicyclic) bond motifs is 2. The van der Waals surface area contributed by atoms with Gasteiger partial charge in [0, 0.05) is 68.7 Å². The quantitative estimate of drug-likeness (QED) is 0.330. The van der Waals surface area contributed by atoms with E-state index >= 15 is 0 Å². The molecule has 2 aliphatic heterocycles. The average Bonchev–Trinajstić information content (AvgIpc) is 2.76. The van der Waals surface area contributed by atoms with E-state index in [0.29, 0.717) is 31.4 Å². The summed E-state index contributed by atoms with van der Waals surface area (Å²) < 4.78 is 14.9. The number of carbonyl (C=O) groups excluding carboxylic acids is 2. The molecule has 6 rings (SSSR count). The molecule has 2 aromatic carbocycles. The highest BCUT2D eigenvalue weighted by molar-refractivity contribution is 9.10. The van der Waals surface area contributed by atoms with E-state index in [4.69, 9.17) is 9.47 Å². The third-order valence-electron chi connectivity index (χ3n) is 8.05. The maximum absolute atomic E-state index is 13.8. The molecule has 6 heteroatoms. The van der Waals surface area contributed by atoms with Crippen molar-refractivity contribution in [3.05, 3.63) is 79.1 Å². The van der Waals surface area contributed by atoms with Gasteiger partial charge in [-0.25, -0.2) is 0 Å². The standard InChI is InChI=1S/C30H28Br2O4/c1-29(2)12-21(34)26-24(14-29)35-23-8-6-17(32)11-19(23)25(26)27-28-18(20(33)13-30(27,3)4)10-15-9-16(31)5-7-22(15)36-28/h5-9,11,25,27H,10,12-14H2,1-4H3. The zero-order chi connectivity index (χ0) is 25.6. The summed E-state index contributed by atoms with van der Waals surface area (Å²) in [4.78, 5) is 27.2. The highest BCUT2D eigenvalue weighted by atomic mass is 79.9. The molecule has 2 unspecified atom stereocenters. The Hall–Kier alpha value is -2.18. The Morgan fingerprint density at radius 1 is 0.833 bits per heavy atom. The number of ketones is 2. The first-order chi connectivity index (χ1) is 16.9. The highest BCUT2D eigenvalue weighted by Crippen LogP contribution is 2.59. The summed E-state index contributed by atoms with van der Waals surface area (Å²) in [5, 5.41) is 0. The van der Waals surface area contributed by atoms with Crippen LogP contribution >= 0.6 is 31.9 Å². The van der Waals surface area contributed by atoms with Gasteiger partial charge >= 0.3 is 0 Å². The summed E-state index contributed by atoms with van der Waals surface area (Å²) in [6.45, 7) is 8.50. The number of carbonyl (C=O) groups is 2. The van der Waals surface area contributed by atoms with Crippen molar-refractivity contribution in [2.75, 3.05) is 0 Å². The smallest absolute Gasteiger partial charge is 0.163 e. The zero-order valence-corrected chi connectivity index (χ0v) is 24.0. The van der Waals surface area contributed by atoms with E-state index in [0.717, 1.165) is 48.5 Å². The maximum Gasteiger partial charge on any atom is 0.163 e. The van der Waals surface area contributed by atoms with Gasteiger partial charge in [-0.05, 0) is 47.2 Å². The first kappa shape index (κ1) is 24.2. The molecular formula is C30H28Br2O4. The Morgan fingerprint density at radius 2 is 1.53 bits per heavy atom. The number of rotatable bonds is 1. The second-order valence-corrected chi connectivity index (χ2v) is 13.8. The van der Waals surface area contributed by atoms with Gasteiger partial charge in [0.2, 0.25) is 0 Å². The largest absolute Gasteiger partial charge is 0.461 e. The Labute approximate surface area is 228 Å². The van der Waals surface area contributed by atoms with Gasteiger partial charge in [0.1, 0.15) is 23.0 Å². The molecule has 0 bridgehead atoms. The summed E-state index contributed by atoms with van der Waals surface area (Å²) in [5.41, 5.74) is 2.88. The van der Waals surface area contributed by atoms with E-state index in [1.54, 1.807) is 0 Å². The van der Waals surface area contributed by atoms with Crippen molar-refractivity contribution in [3.63, 3.8) is 0 Å². The second-order valence-electron chi connectivity index (χ2n) is 12.0. The van der Waals surface area contributed by atoms with Gasteiger partial charge in [-0.3, -0.25) is 9.59 Å². The summed E-state index contributed by atoms with van der Waals surface area (Å²) >= 11 is 7.19. The van der Waals surface area contributed by atoms with Gasteiger partial charge in [-0.2, -0.15) is 0 Å². The van der Waals surface area contributed by atoms with Crippen LogP contribution < -0.4 is 9.47 Å². The molecule has 0 amide bonds. The molecule has 186 valence electrons. The number of hydrogen-bond acceptors (Lipinski definition) is 4. The van der Waals surface area contributed by atoms with Crippen LogP contribution in [0.4, 0.5) is 0 Å². The third kappa shape index (κ3) is 3.83. The predicted octanol–water partition coefficient (Wildman–Crippen LogP) is 7.84. The minimum Gasteiger partial charge on any atom is -0.461 e. The number of ether oxygens (including phenoxy) is 2. The fourth-order valence-corrected chi connectivity index (χ4v) is 7.31. The Morgan fingerprint density at radius 3 is 2.28 bits per heavy atom. The second kappa shape index (κ2) is 8.16. The maximum atomic E-state index is 13.8.